The first-order chi connectivity index (χ1) is 5.38. The number of ether oxygens (including phenoxy) is 1. The monoisotopic (exact) mass is 170 g/mol. The molecule has 0 radical (unpaired) electrons. The van der Waals surface area contributed by atoms with Gasteiger partial charge in [0.2, 0.25) is 0 Å². The average Bonchev–Trinajstić information content (AvgIpc) is 2.55. The molecule has 11 heavy (non-hydrogen) atoms. The highest BCUT2D eigenvalue weighted by Crippen LogP contribution is 2.28. The van der Waals surface area contributed by atoms with Crippen LogP contribution in [0, 0.1) is 0 Å². The summed E-state index contributed by atoms with van der Waals surface area (Å²) in [6, 6.07) is 4.05. The standard InChI is InChI=1S/C8H10O2S/c9-7-5-10-4-6(7)8-2-1-3-11-8/h1-3,6-7,9H,4-5H2/t6-,7-/m0/s1. The summed E-state index contributed by atoms with van der Waals surface area (Å²) in [6.45, 7) is 1.16. The van der Waals surface area contributed by atoms with E-state index in [9.17, 15) is 5.11 Å². The van der Waals surface area contributed by atoms with Gasteiger partial charge in [0.1, 0.15) is 0 Å². The second-order valence-electron chi connectivity index (χ2n) is 2.73. The van der Waals surface area contributed by atoms with E-state index in [1.807, 2.05) is 17.5 Å². The molecule has 0 unspecified atom stereocenters. The molecule has 2 rings (SSSR count). The Morgan fingerprint density at radius 1 is 1.55 bits per heavy atom. The average molecular weight is 170 g/mol. The van der Waals surface area contributed by atoms with Crippen molar-refractivity contribution in [1.29, 1.82) is 0 Å². The van der Waals surface area contributed by atoms with E-state index >= 15 is 0 Å². The lowest BCUT2D eigenvalue weighted by Gasteiger charge is -2.08. The maximum atomic E-state index is 9.44. The van der Waals surface area contributed by atoms with Crippen LogP contribution in [0.1, 0.15) is 10.8 Å². The molecule has 0 amide bonds. The first kappa shape index (κ1) is 7.28. The zero-order valence-corrected chi connectivity index (χ0v) is 6.88. The van der Waals surface area contributed by atoms with Gasteiger partial charge in [0.05, 0.1) is 19.3 Å². The van der Waals surface area contributed by atoms with Crippen molar-refractivity contribution in [1.82, 2.24) is 0 Å². The van der Waals surface area contributed by atoms with Crippen LogP contribution >= 0.6 is 11.3 Å². The molecule has 1 fully saturated rings. The molecular formula is C8H10O2S. The van der Waals surface area contributed by atoms with Gasteiger partial charge in [-0.05, 0) is 11.4 Å². The normalized spacial score (nSPS) is 31.0. The Balaban J connectivity index is 2.16. The van der Waals surface area contributed by atoms with Crippen LogP contribution in [0.25, 0.3) is 0 Å². The van der Waals surface area contributed by atoms with Crippen LogP contribution in [0.15, 0.2) is 17.5 Å². The number of aliphatic hydroxyl groups excluding tert-OH is 1. The third kappa shape index (κ3) is 1.31. The van der Waals surface area contributed by atoms with Gasteiger partial charge >= 0.3 is 0 Å². The quantitative estimate of drug-likeness (QED) is 0.686. The van der Waals surface area contributed by atoms with E-state index in [0.29, 0.717) is 13.2 Å². The molecule has 1 aromatic heterocycles. The summed E-state index contributed by atoms with van der Waals surface area (Å²) < 4.78 is 5.15. The summed E-state index contributed by atoms with van der Waals surface area (Å²) in [6.07, 6.45) is -0.298. The van der Waals surface area contributed by atoms with Crippen LogP contribution in [0.5, 0.6) is 0 Å². The smallest absolute Gasteiger partial charge is 0.0872 e. The SMILES string of the molecule is O[C@H]1COC[C@@H]1c1cccs1. The molecule has 1 aromatic rings. The van der Waals surface area contributed by atoms with Gasteiger partial charge in [0.15, 0.2) is 0 Å². The molecule has 2 atom stereocenters. The Labute approximate surface area is 69.4 Å². The molecular weight excluding hydrogens is 160 g/mol. The molecule has 1 aliphatic heterocycles. The van der Waals surface area contributed by atoms with Gasteiger partial charge in [-0.1, -0.05) is 6.07 Å². The van der Waals surface area contributed by atoms with Crippen molar-refractivity contribution in [2.24, 2.45) is 0 Å². The highest BCUT2D eigenvalue weighted by atomic mass is 32.1. The van der Waals surface area contributed by atoms with E-state index in [2.05, 4.69) is 0 Å². The molecule has 1 N–H and O–H groups in total. The molecule has 1 aliphatic rings. The van der Waals surface area contributed by atoms with Gasteiger partial charge in [-0.2, -0.15) is 0 Å². The minimum atomic E-state index is -0.298. The molecule has 0 aromatic carbocycles. The Hall–Kier alpha value is -0.380. The van der Waals surface area contributed by atoms with E-state index in [4.69, 9.17) is 4.74 Å². The number of thiophene rings is 1. The number of hydrogen-bond donors (Lipinski definition) is 1. The predicted octanol–water partition coefficient (Wildman–Crippen LogP) is 1.22. The fourth-order valence-corrected chi connectivity index (χ4v) is 2.19. The summed E-state index contributed by atoms with van der Waals surface area (Å²) in [5.41, 5.74) is 0. The van der Waals surface area contributed by atoms with Crippen molar-refractivity contribution in [2.75, 3.05) is 13.2 Å². The van der Waals surface area contributed by atoms with Crippen LogP contribution < -0.4 is 0 Å². The van der Waals surface area contributed by atoms with Gasteiger partial charge in [0, 0.05) is 10.8 Å². The van der Waals surface area contributed by atoms with Crippen molar-refractivity contribution >= 4 is 11.3 Å². The molecule has 2 heterocycles. The Morgan fingerprint density at radius 3 is 3.00 bits per heavy atom. The van der Waals surface area contributed by atoms with Gasteiger partial charge < -0.3 is 9.84 Å². The maximum absolute atomic E-state index is 9.44. The maximum Gasteiger partial charge on any atom is 0.0872 e. The highest BCUT2D eigenvalue weighted by molar-refractivity contribution is 7.10. The van der Waals surface area contributed by atoms with Crippen molar-refractivity contribution in [3.05, 3.63) is 22.4 Å². The number of rotatable bonds is 1. The van der Waals surface area contributed by atoms with E-state index in [1.165, 1.54) is 4.88 Å². The van der Waals surface area contributed by atoms with E-state index in [1.54, 1.807) is 11.3 Å². The molecule has 3 heteroatoms. The summed E-state index contributed by atoms with van der Waals surface area (Å²) in [7, 11) is 0. The lowest BCUT2D eigenvalue weighted by molar-refractivity contribution is 0.125. The fraction of sp³-hybridized carbons (Fsp3) is 0.500. The van der Waals surface area contributed by atoms with Crippen LogP contribution in [0.3, 0.4) is 0 Å². The van der Waals surface area contributed by atoms with Gasteiger partial charge in [-0.3, -0.25) is 0 Å². The molecule has 60 valence electrons. The van der Waals surface area contributed by atoms with Crippen LogP contribution in [-0.4, -0.2) is 24.4 Å². The van der Waals surface area contributed by atoms with Crippen molar-refractivity contribution in [3.63, 3.8) is 0 Å². The van der Waals surface area contributed by atoms with Gasteiger partial charge in [-0.25, -0.2) is 0 Å². The lowest BCUT2D eigenvalue weighted by Crippen LogP contribution is -2.14. The minimum Gasteiger partial charge on any atom is -0.390 e. The second kappa shape index (κ2) is 2.93. The highest BCUT2D eigenvalue weighted by Gasteiger charge is 2.27. The van der Waals surface area contributed by atoms with E-state index in [0.717, 1.165) is 0 Å². The van der Waals surface area contributed by atoms with Gasteiger partial charge in [0.25, 0.3) is 0 Å². The van der Waals surface area contributed by atoms with Crippen molar-refractivity contribution in [3.8, 4) is 0 Å². The zero-order valence-electron chi connectivity index (χ0n) is 6.06. The van der Waals surface area contributed by atoms with Crippen molar-refractivity contribution < 1.29 is 9.84 Å². The first-order valence-corrected chi connectivity index (χ1v) is 4.55. The topological polar surface area (TPSA) is 29.5 Å². The Bertz CT molecular complexity index is 220. The van der Waals surface area contributed by atoms with Crippen LogP contribution in [0.4, 0.5) is 0 Å². The summed E-state index contributed by atoms with van der Waals surface area (Å²) in [5.74, 6) is 0.218. The largest absolute Gasteiger partial charge is 0.390 e. The van der Waals surface area contributed by atoms with Gasteiger partial charge in [-0.15, -0.1) is 11.3 Å². The Morgan fingerprint density at radius 2 is 2.45 bits per heavy atom. The Kier molecular flexibility index (Phi) is 1.94. The van der Waals surface area contributed by atoms with Crippen molar-refractivity contribution in [2.45, 2.75) is 12.0 Å². The lowest BCUT2D eigenvalue weighted by atomic mass is 10.1. The minimum absolute atomic E-state index is 0.218. The molecule has 2 nitrogen and oxygen atoms in total. The predicted molar refractivity (Wildman–Crippen MR) is 43.9 cm³/mol. The molecule has 0 spiro atoms. The summed E-state index contributed by atoms with van der Waals surface area (Å²) in [4.78, 5) is 1.23. The van der Waals surface area contributed by atoms with Crippen LogP contribution in [0.2, 0.25) is 0 Å². The molecule has 0 saturated carbocycles. The fourth-order valence-electron chi connectivity index (χ4n) is 1.32. The third-order valence-electron chi connectivity index (χ3n) is 1.96. The zero-order chi connectivity index (χ0) is 7.68. The third-order valence-corrected chi connectivity index (χ3v) is 2.96. The number of hydrogen-bond acceptors (Lipinski definition) is 3. The molecule has 1 saturated heterocycles. The molecule has 0 aliphatic carbocycles. The summed E-state index contributed by atoms with van der Waals surface area (Å²) >= 11 is 1.68. The molecule has 0 bridgehead atoms. The second-order valence-corrected chi connectivity index (χ2v) is 3.71. The van der Waals surface area contributed by atoms with E-state index < -0.39 is 0 Å². The van der Waals surface area contributed by atoms with Crippen LogP contribution in [-0.2, 0) is 4.74 Å². The number of aliphatic hydroxyl groups is 1. The summed E-state index contributed by atoms with van der Waals surface area (Å²) in [5, 5.41) is 11.5. The first-order valence-electron chi connectivity index (χ1n) is 3.67. The van der Waals surface area contributed by atoms with E-state index in [-0.39, 0.29) is 12.0 Å².